The fourth-order valence-electron chi connectivity index (χ4n) is 3.30. The van der Waals surface area contributed by atoms with Crippen LogP contribution in [0.3, 0.4) is 0 Å². The molecule has 2 aromatic rings. The summed E-state index contributed by atoms with van der Waals surface area (Å²) < 4.78 is 23.0. The standard InChI is InChI=1S/C21H24N2O3S/c1-27(25,26)18-10-8-17(9-11-18)23-21(24)16-6-4-15(5-7-16)19-12-20(19)22-13-14-2-3-14/h4-11,14,19-20,22H,2-3,12-13H2,1H3,(H,23,24). The van der Waals surface area contributed by atoms with Crippen LogP contribution in [0.2, 0.25) is 0 Å². The van der Waals surface area contributed by atoms with Crippen molar-refractivity contribution in [2.24, 2.45) is 5.92 Å². The molecule has 0 radical (unpaired) electrons. The third-order valence-electron chi connectivity index (χ3n) is 5.30. The first-order chi connectivity index (χ1) is 12.9. The molecule has 2 aliphatic carbocycles. The quantitative estimate of drug-likeness (QED) is 0.769. The van der Waals surface area contributed by atoms with Gasteiger partial charge in [0.2, 0.25) is 0 Å². The number of sulfone groups is 1. The van der Waals surface area contributed by atoms with Gasteiger partial charge in [0.25, 0.3) is 5.91 Å². The van der Waals surface area contributed by atoms with E-state index in [0.717, 1.165) is 18.7 Å². The van der Waals surface area contributed by atoms with Gasteiger partial charge in [-0.2, -0.15) is 0 Å². The summed E-state index contributed by atoms with van der Waals surface area (Å²) in [6, 6.07) is 14.5. The monoisotopic (exact) mass is 384 g/mol. The zero-order valence-electron chi connectivity index (χ0n) is 15.3. The molecule has 2 N–H and O–H groups in total. The number of hydrogen-bond donors (Lipinski definition) is 2. The first kappa shape index (κ1) is 18.2. The van der Waals surface area contributed by atoms with E-state index in [1.807, 2.05) is 24.3 Å². The Morgan fingerprint density at radius 2 is 1.70 bits per heavy atom. The lowest BCUT2D eigenvalue weighted by molar-refractivity contribution is 0.102. The van der Waals surface area contributed by atoms with Crippen molar-refractivity contribution in [3.63, 3.8) is 0 Å². The van der Waals surface area contributed by atoms with Crippen LogP contribution in [0, 0.1) is 5.92 Å². The molecule has 27 heavy (non-hydrogen) atoms. The first-order valence-corrected chi connectivity index (χ1v) is 11.2. The van der Waals surface area contributed by atoms with Crippen molar-refractivity contribution < 1.29 is 13.2 Å². The molecule has 6 heteroatoms. The molecule has 2 atom stereocenters. The molecule has 0 aliphatic heterocycles. The van der Waals surface area contributed by atoms with Crippen molar-refractivity contribution >= 4 is 21.4 Å². The molecule has 2 unspecified atom stereocenters. The van der Waals surface area contributed by atoms with E-state index >= 15 is 0 Å². The van der Waals surface area contributed by atoms with Gasteiger partial charge in [-0.05, 0) is 73.7 Å². The van der Waals surface area contributed by atoms with Gasteiger partial charge in [-0.25, -0.2) is 8.42 Å². The van der Waals surface area contributed by atoms with Gasteiger partial charge >= 0.3 is 0 Å². The van der Waals surface area contributed by atoms with Crippen LogP contribution in [0.25, 0.3) is 0 Å². The van der Waals surface area contributed by atoms with Crippen molar-refractivity contribution in [1.29, 1.82) is 0 Å². The summed E-state index contributed by atoms with van der Waals surface area (Å²) in [4.78, 5) is 12.6. The highest BCUT2D eigenvalue weighted by Crippen LogP contribution is 2.41. The predicted octanol–water partition coefficient (Wildman–Crippen LogP) is 3.20. The first-order valence-electron chi connectivity index (χ1n) is 9.35. The molecule has 2 aliphatic rings. The second-order valence-electron chi connectivity index (χ2n) is 7.67. The number of carbonyl (C=O) groups excluding carboxylic acids is 1. The van der Waals surface area contributed by atoms with Crippen molar-refractivity contribution in [1.82, 2.24) is 5.32 Å². The summed E-state index contributed by atoms with van der Waals surface area (Å²) in [5.41, 5.74) is 2.44. The largest absolute Gasteiger partial charge is 0.322 e. The van der Waals surface area contributed by atoms with E-state index in [1.54, 1.807) is 12.1 Å². The van der Waals surface area contributed by atoms with Gasteiger partial charge in [-0.3, -0.25) is 4.79 Å². The van der Waals surface area contributed by atoms with Gasteiger partial charge in [0, 0.05) is 29.5 Å². The Labute approximate surface area is 160 Å². The number of carbonyl (C=O) groups is 1. The van der Waals surface area contributed by atoms with Crippen LogP contribution in [0.4, 0.5) is 5.69 Å². The topological polar surface area (TPSA) is 75.3 Å². The van der Waals surface area contributed by atoms with Crippen molar-refractivity contribution in [3.8, 4) is 0 Å². The zero-order valence-corrected chi connectivity index (χ0v) is 16.1. The fraction of sp³-hybridized carbons (Fsp3) is 0.381. The van der Waals surface area contributed by atoms with Gasteiger partial charge in [0.05, 0.1) is 4.90 Å². The van der Waals surface area contributed by atoms with E-state index in [2.05, 4.69) is 10.6 Å². The highest BCUT2D eigenvalue weighted by atomic mass is 32.2. The molecule has 0 saturated heterocycles. The molecule has 2 saturated carbocycles. The molecular formula is C21H24N2O3S. The van der Waals surface area contributed by atoms with Crippen LogP contribution in [-0.2, 0) is 9.84 Å². The van der Waals surface area contributed by atoms with Crippen LogP contribution < -0.4 is 10.6 Å². The second-order valence-corrected chi connectivity index (χ2v) is 9.69. The summed E-state index contributed by atoms with van der Waals surface area (Å²) in [5, 5.41) is 6.43. The Bertz CT molecular complexity index is 932. The minimum Gasteiger partial charge on any atom is -0.322 e. The highest BCUT2D eigenvalue weighted by Gasteiger charge is 2.38. The Balaban J connectivity index is 1.34. The lowest BCUT2D eigenvalue weighted by Crippen LogP contribution is -2.20. The summed E-state index contributed by atoms with van der Waals surface area (Å²) >= 11 is 0. The SMILES string of the molecule is CS(=O)(=O)c1ccc(NC(=O)c2ccc(C3CC3NCC3CC3)cc2)cc1. The molecule has 0 heterocycles. The number of amides is 1. The maximum absolute atomic E-state index is 12.4. The Hall–Kier alpha value is -2.18. The van der Waals surface area contributed by atoms with Gasteiger partial charge in [0.1, 0.15) is 0 Å². The Morgan fingerprint density at radius 1 is 1.04 bits per heavy atom. The average molecular weight is 385 g/mol. The van der Waals surface area contributed by atoms with E-state index in [9.17, 15) is 13.2 Å². The van der Waals surface area contributed by atoms with Gasteiger partial charge in [-0.1, -0.05) is 12.1 Å². The Morgan fingerprint density at radius 3 is 2.30 bits per heavy atom. The highest BCUT2D eigenvalue weighted by molar-refractivity contribution is 7.90. The lowest BCUT2D eigenvalue weighted by atomic mass is 10.1. The average Bonchev–Trinajstić information content (AvgIpc) is 3.54. The minimum atomic E-state index is -3.24. The summed E-state index contributed by atoms with van der Waals surface area (Å²) in [7, 11) is -3.24. The smallest absolute Gasteiger partial charge is 0.255 e. The molecule has 0 spiro atoms. The summed E-state index contributed by atoms with van der Waals surface area (Å²) in [5.74, 6) is 1.25. The van der Waals surface area contributed by atoms with Crippen molar-refractivity contribution in [2.75, 3.05) is 18.1 Å². The molecule has 5 nitrogen and oxygen atoms in total. The molecule has 142 valence electrons. The number of nitrogens with one attached hydrogen (secondary N) is 2. The molecule has 0 aromatic heterocycles. The predicted molar refractivity (Wildman–Crippen MR) is 106 cm³/mol. The number of benzene rings is 2. The summed E-state index contributed by atoms with van der Waals surface area (Å²) in [6.07, 6.45) is 5.06. The maximum Gasteiger partial charge on any atom is 0.255 e. The van der Waals surface area contributed by atoms with Crippen LogP contribution in [0.5, 0.6) is 0 Å². The number of anilines is 1. The van der Waals surface area contributed by atoms with E-state index in [1.165, 1.54) is 37.0 Å². The van der Waals surface area contributed by atoms with Crippen molar-refractivity contribution in [3.05, 3.63) is 59.7 Å². The zero-order chi connectivity index (χ0) is 19.0. The van der Waals surface area contributed by atoms with Gasteiger partial charge in [0.15, 0.2) is 9.84 Å². The van der Waals surface area contributed by atoms with Gasteiger partial charge in [-0.15, -0.1) is 0 Å². The van der Waals surface area contributed by atoms with Crippen LogP contribution in [0.1, 0.15) is 41.1 Å². The minimum absolute atomic E-state index is 0.201. The molecule has 2 aromatic carbocycles. The third-order valence-corrected chi connectivity index (χ3v) is 6.43. The van der Waals surface area contributed by atoms with Gasteiger partial charge < -0.3 is 10.6 Å². The van der Waals surface area contributed by atoms with E-state index in [0.29, 0.717) is 23.2 Å². The molecule has 4 rings (SSSR count). The molecule has 2 fully saturated rings. The lowest BCUT2D eigenvalue weighted by Gasteiger charge is -2.07. The summed E-state index contributed by atoms with van der Waals surface area (Å²) in [6.45, 7) is 1.14. The maximum atomic E-state index is 12.4. The third kappa shape index (κ3) is 4.57. The normalized spacial score (nSPS) is 21.7. The number of rotatable bonds is 7. The molecule has 0 bridgehead atoms. The van der Waals surface area contributed by atoms with Crippen molar-refractivity contribution in [2.45, 2.75) is 36.1 Å². The molecule has 1 amide bonds. The van der Waals surface area contributed by atoms with E-state index < -0.39 is 9.84 Å². The molecular weight excluding hydrogens is 360 g/mol. The fourth-order valence-corrected chi connectivity index (χ4v) is 3.93. The van der Waals surface area contributed by atoms with Crippen LogP contribution in [0.15, 0.2) is 53.4 Å². The van der Waals surface area contributed by atoms with E-state index in [4.69, 9.17) is 0 Å². The van der Waals surface area contributed by atoms with Crippen LogP contribution >= 0.6 is 0 Å². The number of hydrogen-bond acceptors (Lipinski definition) is 4. The Kier molecular flexibility index (Phi) is 4.78. The van der Waals surface area contributed by atoms with E-state index in [-0.39, 0.29) is 10.8 Å². The van der Waals surface area contributed by atoms with Crippen LogP contribution in [-0.4, -0.2) is 33.2 Å². The second kappa shape index (κ2) is 7.09.